The van der Waals surface area contributed by atoms with Crippen LogP contribution in [0.2, 0.25) is 0 Å². The molecule has 0 saturated carbocycles. The van der Waals surface area contributed by atoms with Gasteiger partial charge in [0.15, 0.2) is 0 Å². The predicted molar refractivity (Wildman–Crippen MR) is 74.0 cm³/mol. The van der Waals surface area contributed by atoms with Crippen LogP contribution in [0.5, 0.6) is 0 Å². The highest BCUT2D eigenvalue weighted by Crippen LogP contribution is 2.23. The van der Waals surface area contributed by atoms with Gasteiger partial charge in [0.1, 0.15) is 5.82 Å². The fourth-order valence-electron chi connectivity index (χ4n) is 1.80. The second-order valence-corrected chi connectivity index (χ2v) is 4.34. The van der Waals surface area contributed by atoms with Gasteiger partial charge in [0, 0.05) is 11.7 Å². The number of nitrogens with one attached hydrogen (secondary N) is 1. The monoisotopic (exact) mass is 255 g/mol. The van der Waals surface area contributed by atoms with E-state index in [0.717, 1.165) is 5.56 Å². The standard InChI is InChI=1S/C15H14FN3/c1-10(12-3-5-13(18)6-4-12)19-15-7-2-11(9-17)8-14(15)16/h2-8,10,19H,18H2,1H3. The molecule has 3 nitrogen and oxygen atoms in total. The van der Waals surface area contributed by atoms with Crippen molar-refractivity contribution in [3.8, 4) is 6.07 Å². The lowest BCUT2D eigenvalue weighted by atomic mass is 10.1. The minimum Gasteiger partial charge on any atom is -0.399 e. The Morgan fingerprint density at radius 1 is 1.21 bits per heavy atom. The number of anilines is 2. The molecule has 0 aliphatic carbocycles. The molecule has 3 N–H and O–H groups in total. The molecule has 0 bridgehead atoms. The summed E-state index contributed by atoms with van der Waals surface area (Å²) in [6, 6.07) is 13.6. The number of nitrogens with zero attached hydrogens (tertiary/aromatic N) is 1. The number of benzene rings is 2. The van der Waals surface area contributed by atoms with E-state index < -0.39 is 5.82 Å². The Morgan fingerprint density at radius 2 is 1.89 bits per heavy atom. The fraction of sp³-hybridized carbons (Fsp3) is 0.133. The van der Waals surface area contributed by atoms with Crippen molar-refractivity contribution in [2.75, 3.05) is 11.1 Å². The molecule has 1 unspecified atom stereocenters. The second-order valence-electron chi connectivity index (χ2n) is 4.34. The summed E-state index contributed by atoms with van der Waals surface area (Å²) in [5, 5.41) is 11.8. The van der Waals surface area contributed by atoms with Crippen LogP contribution < -0.4 is 11.1 Å². The van der Waals surface area contributed by atoms with Gasteiger partial charge in [-0.25, -0.2) is 4.39 Å². The maximum Gasteiger partial charge on any atom is 0.147 e. The molecule has 0 fully saturated rings. The second kappa shape index (κ2) is 5.40. The van der Waals surface area contributed by atoms with E-state index in [1.54, 1.807) is 12.1 Å². The number of nitriles is 1. The summed E-state index contributed by atoms with van der Waals surface area (Å²) < 4.78 is 13.7. The molecule has 96 valence electrons. The number of rotatable bonds is 3. The minimum atomic E-state index is -0.429. The van der Waals surface area contributed by atoms with Gasteiger partial charge in [-0.05, 0) is 42.8 Å². The van der Waals surface area contributed by atoms with Crippen molar-refractivity contribution in [2.45, 2.75) is 13.0 Å². The van der Waals surface area contributed by atoms with E-state index in [4.69, 9.17) is 11.0 Å². The number of hydrogen-bond acceptors (Lipinski definition) is 3. The topological polar surface area (TPSA) is 61.8 Å². The van der Waals surface area contributed by atoms with E-state index in [1.807, 2.05) is 37.3 Å². The molecule has 1 atom stereocenters. The van der Waals surface area contributed by atoms with Crippen LogP contribution in [-0.4, -0.2) is 0 Å². The zero-order valence-electron chi connectivity index (χ0n) is 10.5. The Bertz CT molecular complexity index is 614. The summed E-state index contributed by atoms with van der Waals surface area (Å²) in [7, 11) is 0. The molecule has 0 spiro atoms. The normalized spacial score (nSPS) is 11.6. The first-order chi connectivity index (χ1) is 9.10. The Hall–Kier alpha value is -2.54. The quantitative estimate of drug-likeness (QED) is 0.826. The summed E-state index contributed by atoms with van der Waals surface area (Å²) >= 11 is 0. The largest absolute Gasteiger partial charge is 0.399 e. The zero-order chi connectivity index (χ0) is 13.8. The van der Waals surface area contributed by atoms with Crippen LogP contribution >= 0.6 is 0 Å². The third-order valence-corrected chi connectivity index (χ3v) is 2.91. The highest BCUT2D eigenvalue weighted by atomic mass is 19.1. The molecule has 0 saturated heterocycles. The molecule has 0 heterocycles. The highest BCUT2D eigenvalue weighted by Gasteiger charge is 2.09. The summed E-state index contributed by atoms with van der Waals surface area (Å²) in [6.45, 7) is 1.93. The van der Waals surface area contributed by atoms with Crippen molar-refractivity contribution < 1.29 is 4.39 Å². The highest BCUT2D eigenvalue weighted by molar-refractivity contribution is 5.51. The van der Waals surface area contributed by atoms with Gasteiger partial charge in [0.05, 0.1) is 17.3 Å². The zero-order valence-corrected chi connectivity index (χ0v) is 10.5. The van der Waals surface area contributed by atoms with Crippen LogP contribution in [0, 0.1) is 17.1 Å². The molecule has 0 radical (unpaired) electrons. The molecule has 0 amide bonds. The van der Waals surface area contributed by atoms with Crippen molar-refractivity contribution in [1.29, 1.82) is 5.26 Å². The van der Waals surface area contributed by atoms with Gasteiger partial charge in [-0.15, -0.1) is 0 Å². The van der Waals surface area contributed by atoms with Gasteiger partial charge >= 0.3 is 0 Å². The molecule has 0 aromatic heterocycles. The summed E-state index contributed by atoms with van der Waals surface area (Å²) in [5.41, 5.74) is 8.02. The van der Waals surface area contributed by atoms with Gasteiger partial charge in [0.25, 0.3) is 0 Å². The third-order valence-electron chi connectivity index (χ3n) is 2.91. The van der Waals surface area contributed by atoms with E-state index >= 15 is 0 Å². The maximum absolute atomic E-state index is 13.7. The van der Waals surface area contributed by atoms with Crippen LogP contribution in [0.3, 0.4) is 0 Å². The van der Waals surface area contributed by atoms with Gasteiger partial charge < -0.3 is 11.1 Å². The fourth-order valence-corrected chi connectivity index (χ4v) is 1.80. The summed E-state index contributed by atoms with van der Waals surface area (Å²) in [6.07, 6.45) is 0. The predicted octanol–water partition coefficient (Wildman–Crippen LogP) is 3.45. The van der Waals surface area contributed by atoms with Gasteiger partial charge in [-0.3, -0.25) is 0 Å². The average Bonchev–Trinajstić information content (AvgIpc) is 2.41. The van der Waals surface area contributed by atoms with Crippen LogP contribution in [0.25, 0.3) is 0 Å². The van der Waals surface area contributed by atoms with E-state index in [9.17, 15) is 4.39 Å². The van der Waals surface area contributed by atoms with Crippen LogP contribution in [0.4, 0.5) is 15.8 Å². The number of halogens is 1. The van der Waals surface area contributed by atoms with E-state index in [0.29, 0.717) is 16.9 Å². The molecule has 0 aliphatic rings. The lowest BCUT2D eigenvalue weighted by Crippen LogP contribution is -2.08. The molecule has 2 aromatic carbocycles. The molecule has 2 aromatic rings. The third kappa shape index (κ3) is 3.02. The lowest BCUT2D eigenvalue weighted by molar-refractivity contribution is 0.627. The SMILES string of the molecule is CC(Nc1ccc(C#N)cc1F)c1ccc(N)cc1. The first kappa shape index (κ1) is 12.9. The van der Waals surface area contributed by atoms with Crippen molar-refractivity contribution in [1.82, 2.24) is 0 Å². The molecule has 19 heavy (non-hydrogen) atoms. The Balaban J connectivity index is 2.17. The van der Waals surface area contributed by atoms with Crippen molar-refractivity contribution in [3.63, 3.8) is 0 Å². The first-order valence-corrected chi connectivity index (χ1v) is 5.92. The molecule has 2 rings (SSSR count). The molecular formula is C15H14FN3. The minimum absolute atomic E-state index is 0.0527. The van der Waals surface area contributed by atoms with Gasteiger partial charge in [0.2, 0.25) is 0 Å². The van der Waals surface area contributed by atoms with E-state index in [-0.39, 0.29) is 6.04 Å². The first-order valence-electron chi connectivity index (χ1n) is 5.92. The summed E-state index contributed by atoms with van der Waals surface area (Å²) in [5.74, 6) is -0.429. The molecule has 4 heteroatoms. The lowest BCUT2D eigenvalue weighted by Gasteiger charge is -2.16. The van der Waals surface area contributed by atoms with Gasteiger partial charge in [-0.1, -0.05) is 12.1 Å². The van der Waals surface area contributed by atoms with Crippen molar-refractivity contribution in [3.05, 3.63) is 59.4 Å². The number of nitrogens with two attached hydrogens (primary N) is 1. The average molecular weight is 255 g/mol. The molecule has 0 aliphatic heterocycles. The van der Waals surface area contributed by atoms with E-state index in [2.05, 4.69) is 5.32 Å². The van der Waals surface area contributed by atoms with Gasteiger partial charge in [-0.2, -0.15) is 5.26 Å². The number of hydrogen-bond donors (Lipinski definition) is 2. The van der Waals surface area contributed by atoms with Crippen LogP contribution in [0.1, 0.15) is 24.1 Å². The molecular weight excluding hydrogens is 241 g/mol. The van der Waals surface area contributed by atoms with Crippen LogP contribution in [-0.2, 0) is 0 Å². The number of nitrogen functional groups attached to an aromatic ring is 1. The Labute approximate surface area is 111 Å². The summed E-state index contributed by atoms with van der Waals surface area (Å²) in [4.78, 5) is 0. The Morgan fingerprint density at radius 3 is 2.47 bits per heavy atom. The van der Waals surface area contributed by atoms with Crippen molar-refractivity contribution in [2.24, 2.45) is 0 Å². The Kier molecular flexibility index (Phi) is 3.67. The smallest absolute Gasteiger partial charge is 0.147 e. The van der Waals surface area contributed by atoms with E-state index in [1.165, 1.54) is 6.07 Å². The maximum atomic E-state index is 13.7. The van der Waals surface area contributed by atoms with Crippen LogP contribution in [0.15, 0.2) is 42.5 Å². The van der Waals surface area contributed by atoms with Crippen molar-refractivity contribution >= 4 is 11.4 Å².